The van der Waals surface area contributed by atoms with Gasteiger partial charge in [-0.2, -0.15) is 0 Å². The standard InChI is InChI=1S/C28H20O3/c29-28-23(18-27(31-28)22-12-5-2-6-13-22)17-25-24-14-8-7-11-21(24)15-16-26(25)30-19-20-9-3-1-4-10-20/h1-18H,19H2/b23-17+. The molecule has 0 spiro atoms. The number of benzene rings is 4. The molecule has 3 heteroatoms. The summed E-state index contributed by atoms with van der Waals surface area (Å²) in [4.78, 5) is 12.6. The molecule has 4 aromatic rings. The molecule has 1 heterocycles. The summed E-state index contributed by atoms with van der Waals surface area (Å²) in [5.41, 5.74) is 3.32. The second-order valence-corrected chi connectivity index (χ2v) is 7.34. The van der Waals surface area contributed by atoms with Gasteiger partial charge in [-0.1, -0.05) is 91.0 Å². The Kier molecular flexibility index (Phi) is 5.07. The first kappa shape index (κ1) is 18.9. The van der Waals surface area contributed by atoms with E-state index in [1.807, 2.05) is 97.1 Å². The summed E-state index contributed by atoms with van der Waals surface area (Å²) in [5, 5.41) is 2.11. The Hall–Kier alpha value is -4.11. The van der Waals surface area contributed by atoms with Crippen LogP contribution in [0, 0.1) is 0 Å². The largest absolute Gasteiger partial charge is 0.488 e. The third-order valence-corrected chi connectivity index (χ3v) is 5.25. The SMILES string of the molecule is O=C1OC(c2ccccc2)=C/C1=C\c1c(OCc2ccccc2)ccc2ccccc12. The molecule has 0 aromatic heterocycles. The van der Waals surface area contributed by atoms with Crippen molar-refractivity contribution >= 4 is 28.6 Å². The number of ether oxygens (including phenoxy) is 2. The molecule has 0 aliphatic carbocycles. The zero-order chi connectivity index (χ0) is 21.0. The molecule has 1 aliphatic rings. The van der Waals surface area contributed by atoms with Crippen LogP contribution in [0.2, 0.25) is 0 Å². The second-order valence-electron chi connectivity index (χ2n) is 7.34. The lowest BCUT2D eigenvalue weighted by molar-refractivity contribution is -0.130. The number of hydrogen-bond acceptors (Lipinski definition) is 3. The summed E-state index contributed by atoms with van der Waals surface area (Å²) in [6, 6.07) is 31.7. The molecule has 0 N–H and O–H groups in total. The van der Waals surface area contributed by atoms with E-state index >= 15 is 0 Å². The fourth-order valence-electron chi connectivity index (χ4n) is 3.67. The molecule has 0 saturated heterocycles. The predicted octanol–water partition coefficient (Wildman–Crippen LogP) is 6.40. The highest BCUT2D eigenvalue weighted by atomic mass is 16.5. The van der Waals surface area contributed by atoms with Gasteiger partial charge in [0.1, 0.15) is 18.1 Å². The first-order valence-corrected chi connectivity index (χ1v) is 10.2. The quantitative estimate of drug-likeness (QED) is 0.285. The third-order valence-electron chi connectivity index (χ3n) is 5.25. The summed E-state index contributed by atoms with van der Waals surface area (Å²) in [5.74, 6) is 0.925. The van der Waals surface area contributed by atoms with Gasteiger partial charge in [0.15, 0.2) is 0 Å². The molecule has 0 unspecified atom stereocenters. The highest BCUT2D eigenvalue weighted by Gasteiger charge is 2.23. The van der Waals surface area contributed by atoms with Crippen molar-refractivity contribution in [1.82, 2.24) is 0 Å². The molecule has 1 aliphatic heterocycles. The molecule has 31 heavy (non-hydrogen) atoms. The van der Waals surface area contributed by atoms with Gasteiger partial charge in [-0.05, 0) is 34.6 Å². The lowest BCUT2D eigenvalue weighted by Gasteiger charge is -2.12. The fourth-order valence-corrected chi connectivity index (χ4v) is 3.67. The van der Waals surface area contributed by atoms with E-state index in [9.17, 15) is 4.79 Å². The molecule has 0 atom stereocenters. The summed E-state index contributed by atoms with van der Waals surface area (Å²) >= 11 is 0. The number of carbonyl (C=O) groups is 1. The monoisotopic (exact) mass is 404 g/mol. The number of cyclic esters (lactones) is 1. The van der Waals surface area contributed by atoms with Crippen molar-refractivity contribution in [2.24, 2.45) is 0 Å². The molecule has 4 aromatic carbocycles. The van der Waals surface area contributed by atoms with Crippen LogP contribution in [-0.2, 0) is 16.1 Å². The fraction of sp³-hybridized carbons (Fsp3) is 0.0357. The zero-order valence-electron chi connectivity index (χ0n) is 16.8. The van der Waals surface area contributed by atoms with E-state index in [1.165, 1.54) is 0 Å². The Morgan fingerprint density at radius 2 is 1.48 bits per heavy atom. The number of hydrogen-bond donors (Lipinski definition) is 0. The van der Waals surface area contributed by atoms with Gasteiger partial charge in [0, 0.05) is 11.1 Å². The lowest BCUT2D eigenvalue weighted by atomic mass is 10.0. The molecule has 0 saturated carbocycles. The van der Waals surface area contributed by atoms with Gasteiger partial charge in [-0.25, -0.2) is 4.79 Å². The summed E-state index contributed by atoms with van der Waals surface area (Å²) in [6.07, 6.45) is 3.65. The zero-order valence-corrected chi connectivity index (χ0v) is 16.8. The van der Waals surface area contributed by atoms with Crippen molar-refractivity contribution in [3.05, 3.63) is 125 Å². The number of rotatable bonds is 5. The van der Waals surface area contributed by atoms with Gasteiger partial charge in [0.05, 0.1) is 5.57 Å². The smallest absolute Gasteiger partial charge is 0.343 e. The molecule has 3 nitrogen and oxygen atoms in total. The van der Waals surface area contributed by atoms with E-state index in [-0.39, 0.29) is 5.97 Å². The second kappa shape index (κ2) is 8.33. The van der Waals surface area contributed by atoms with Gasteiger partial charge < -0.3 is 9.47 Å². The van der Waals surface area contributed by atoms with Crippen molar-refractivity contribution in [2.45, 2.75) is 6.61 Å². The van der Waals surface area contributed by atoms with Crippen molar-refractivity contribution in [1.29, 1.82) is 0 Å². The molecule has 150 valence electrons. The molecule has 5 rings (SSSR count). The Bertz CT molecular complexity index is 1300. The Balaban J connectivity index is 1.56. The van der Waals surface area contributed by atoms with Crippen LogP contribution in [0.3, 0.4) is 0 Å². The first-order chi connectivity index (χ1) is 15.3. The third kappa shape index (κ3) is 3.99. The van der Waals surface area contributed by atoms with Crippen molar-refractivity contribution < 1.29 is 14.3 Å². The Labute approximate surface area is 180 Å². The van der Waals surface area contributed by atoms with Crippen LogP contribution in [0.4, 0.5) is 0 Å². The maximum atomic E-state index is 12.6. The summed E-state index contributed by atoms with van der Waals surface area (Å²) < 4.78 is 11.7. The van der Waals surface area contributed by atoms with E-state index in [0.29, 0.717) is 17.9 Å². The topological polar surface area (TPSA) is 35.5 Å². The van der Waals surface area contributed by atoms with Gasteiger partial charge >= 0.3 is 5.97 Å². The van der Waals surface area contributed by atoms with E-state index in [1.54, 1.807) is 6.08 Å². The van der Waals surface area contributed by atoms with E-state index in [0.717, 1.165) is 33.2 Å². The normalized spacial score (nSPS) is 14.5. The van der Waals surface area contributed by atoms with E-state index < -0.39 is 0 Å². The first-order valence-electron chi connectivity index (χ1n) is 10.2. The Morgan fingerprint density at radius 3 is 2.29 bits per heavy atom. The number of esters is 1. The molecular weight excluding hydrogens is 384 g/mol. The van der Waals surface area contributed by atoms with Gasteiger partial charge in [0.2, 0.25) is 0 Å². The molecule has 0 radical (unpaired) electrons. The molecule has 0 bridgehead atoms. The van der Waals surface area contributed by atoms with E-state index in [4.69, 9.17) is 9.47 Å². The number of carbonyl (C=O) groups excluding carboxylic acids is 1. The van der Waals surface area contributed by atoms with Crippen molar-refractivity contribution in [3.8, 4) is 5.75 Å². The number of fused-ring (bicyclic) bond motifs is 1. The van der Waals surface area contributed by atoms with Crippen LogP contribution in [-0.4, -0.2) is 5.97 Å². The van der Waals surface area contributed by atoms with Crippen LogP contribution in [0.15, 0.2) is 109 Å². The predicted molar refractivity (Wildman–Crippen MR) is 123 cm³/mol. The Morgan fingerprint density at radius 1 is 0.774 bits per heavy atom. The average Bonchev–Trinajstić information content (AvgIpc) is 3.20. The maximum Gasteiger partial charge on any atom is 0.343 e. The summed E-state index contributed by atoms with van der Waals surface area (Å²) in [7, 11) is 0. The van der Waals surface area contributed by atoms with Gasteiger partial charge in [-0.3, -0.25) is 0 Å². The average molecular weight is 404 g/mol. The molecule has 0 amide bonds. The van der Waals surface area contributed by atoms with Crippen LogP contribution in [0.5, 0.6) is 5.75 Å². The van der Waals surface area contributed by atoms with Crippen LogP contribution < -0.4 is 4.74 Å². The highest BCUT2D eigenvalue weighted by molar-refractivity contribution is 6.07. The lowest BCUT2D eigenvalue weighted by Crippen LogP contribution is -2.00. The molecular formula is C28H20O3. The van der Waals surface area contributed by atoms with Crippen LogP contribution >= 0.6 is 0 Å². The van der Waals surface area contributed by atoms with E-state index in [2.05, 4.69) is 6.07 Å². The highest BCUT2D eigenvalue weighted by Crippen LogP contribution is 2.34. The minimum Gasteiger partial charge on any atom is -0.488 e. The minimum atomic E-state index is -0.360. The van der Waals surface area contributed by atoms with Gasteiger partial charge in [0.25, 0.3) is 0 Å². The van der Waals surface area contributed by atoms with Gasteiger partial charge in [-0.15, -0.1) is 0 Å². The van der Waals surface area contributed by atoms with Crippen molar-refractivity contribution in [3.63, 3.8) is 0 Å². The maximum absolute atomic E-state index is 12.6. The summed E-state index contributed by atoms with van der Waals surface area (Å²) in [6.45, 7) is 0.449. The van der Waals surface area contributed by atoms with Crippen LogP contribution in [0.25, 0.3) is 22.6 Å². The molecule has 0 fully saturated rings. The van der Waals surface area contributed by atoms with Crippen LogP contribution in [0.1, 0.15) is 16.7 Å². The minimum absolute atomic E-state index is 0.360. The van der Waals surface area contributed by atoms with Crippen molar-refractivity contribution in [2.75, 3.05) is 0 Å².